The van der Waals surface area contributed by atoms with Crippen LogP contribution in [-0.2, 0) is 17.8 Å². The molecule has 6 nitrogen and oxygen atoms in total. The van der Waals surface area contributed by atoms with Crippen LogP contribution in [0, 0.1) is 16.7 Å². The van der Waals surface area contributed by atoms with Crippen molar-refractivity contribution < 1.29 is 9.90 Å². The van der Waals surface area contributed by atoms with Gasteiger partial charge in [0, 0.05) is 6.42 Å². The molecule has 0 aliphatic heterocycles. The maximum Gasteiger partial charge on any atom is 0.310 e. The Balaban J connectivity index is 2.85. The van der Waals surface area contributed by atoms with Crippen LogP contribution in [0.25, 0.3) is 0 Å². The van der Waals surface area contributed by atoms with E-state index in [0.717, 1.165) is 12.2 Å². The zero-order valence-electron chi connectivity index (χ0n) is 12.6. The average Bonchev–Trinajstić information content (AvgIpc) is 2.63. The number of tetrazole rings is 1. The van der Waals surface area contributed by atoms with E-state index in [0.29, 0.717) is 5.92 Å². The van der Waals surface area contributed by atoms with Gasteiger partial charge in [-0.3, -0.25) is 4.79 Å². The number of rotatable bonds is 5. The molecule has 0 aliphatic rings. The molecule has 6 heteroatoms. The predicted molar refractivity (Wildman–Crippen MR) is 71.6 cm³/mol. The molecule has 1 atom stereocenters. The molecule has 1 N–H and O–H groups in total. The summed E-state index contributed by atoms with van der Waals surface area (Å²) in [5.41, 5.74) is -0.714. The number of carbonyl (C=O) groups is 1. The van der Waals surface area contributed by atoms with E-state index in [2.05, 4.69) is 43.2 Å². The van der Waals surface area contributed by atoms with Crippen LogP contribution in [0.1, 0.15) is 47.4 Å². The van der Waals surface area contributed by atoms with Crippen molar-refractivity contribution in [3.8, 4) is 0 Å². The van der Waals surface area contributed by atoms with Gasteiger partial charge in [-0.05, 0) is 35.6 Å². The van der Waals surface area contributed by atoms with Gasteiger partial charge in [-0.15, -0.1) is 5.10 Å². The lowest BCUT2D eigenvalue weighted by Crippen LogP contribution is -2.31. The maximum absolute atomic E-state index is 11.2. The van der Waals surface area contributed by atoms with Crippen molar-refractivity contribution >= 4 is 5.97 Å². The SMILES string of the molecule is CC(Cc1nnnn1CC(C)(C)C(=O)O)C(C)(C)C. The highest BCUT2D eigenvalue weighted by Crippen LogP contribution is 2.28. The van der Waals surface area contributed by atoms with E-state index in [4.69, 9.17) is 5.11 Å². The summed E-state index contributed by atoms with van der Waals surface area (Å²) in [5, 5.41) is 20.8. The Labute approximate surface area is 114 Å². The second-order valence-electron chi connectivity index (χ2n) is 6.91. The lowest BCUT2D eigenvalue weighted by atomic mass is 9.80. The molecule has 0 saturated carbocycles. The van der Waals surface area contributed by atoms with E-state index in [1.54, 1.807) is 18.5 Å². The summed E-state index contributed by atoms with van der Waals surface area (Å²) in [7, 11) is 0. The van der Waals surface area contributed by atoms with Crippen molar-refractivity contribution in [1.29, 1.82) is 0 Å². The summed E-state index contributed by atoms with van der Waals surface area (Å²) in [6.45, 7) is 12.3. The Morgan fingerprint density at radius 2 is 1.89 bits per heavy atom. The van der Waals surface area contributed by atoms with Gasteiger partial charge in [-0.1, -0.05) is 27.7 Å². The molecule has 0 saturated heterocycles. The summed E-state index contributed by atoms with van der Waals surface area (Å²) < 4.78 is 1.61. The van der Waals surface area contributed by atoms with Gasteiger partial charge in [-0.2, -0.15) is 0 Å². The van der Waals surface area contributed by atoms with Crippen molar-refractivity contribution in [3.63, 3.8) is 0 Å². The minimum Gasteiger partial charge on any atom is -0.481 e. The molecule has 0 bridgehead atoms. The minimum absolute atomic E-state index is 0.166. The van der Waals surface area contributed by atoms with Crippen LogP contribution in [-0.4, -0.2) is 31.3 Å². The normalized spacial score (nSPS) is 14.4. The van der Waals surface area contributed by atoms with Crippen molar-refractivity contribution in [2.24, 2.45) is 16.7 Å². The number of hydrogen-bond donors (Lipinski definition) is 1. The van der Waals surface area contributed by atoms with Crippen molar-refractivity contribution in [1.82, 2.24) is 20.2 Å². The molecule has 1 aromatic rings. The van der Waals surface area contributed by atoms with Crippen LogP contribution < -0.4 is 0 Å². The second kappa shape index (κ2) is 5.27. The van der Waals surface area contributed by atoms with E-state index in [1.807, 2.05) is 0 Å². The molecule has 19 heavy (non-hydrogen) atoms. The average molecular weight is 268 g/mol. The zero-order chi connectivity index (χ0) is 14.8. The van der Waals surface area contributed by atoms with E-state index >= 15 is 0 Å². The highest BCUT2D eigenvalue weighted by atomic mass is 16.4. The standard InChI is InChI=1S/C13H24N4O2/c1-9(12(2,3)4)7-10-14-15-16-17(10)8-13(5,6)11(18)19/h9H,7-8H2,1-6H3,(H,18,19). The predicted octanol–water partition coefficient (Wildman–Crippen LogP) is 2.01. The highest BCUT2D eigenvalue weighted by Gasteiger charge is 2.30. The van der Waals surface area contributed by atoms with Gasteiger partial charge in [-0.25, -0.2) is 4.68 Å². The number of aliphatic carboxylic acids is 1. The molecule has 0 radical (unpaired) electrons. The van der Waals surface area contributed by atoms with Gasteiger partial charge in [0.2, 0.25) is 0 Å². The summed E-state index contributed by atoms with van der Waals surface area (Å²) in [4.78, 5) is 11.2. The van der Waals surface area contributed by atoms with Crippen LogP contribution in [0.4, 0.5) is 0 Å². The molecule has 1 aromatic heterocycles. The first-order valence-corrected chi connectivity index (χ1v) is 6.52. The van der Waals surface area contributed by atoms with Crippen LogP contribution in [0.15, 0.2) is 0 Å². The largest absolute Gasteiger partial charge is 0.481 e. The topological polar surface area (TPSA) is 80.9 Å². The third-order valence-corrected chi connectivity index (χ3v) is 3.70. The molecule has 108 valence electrons. The van der Waals surface area contributed by atoms with E-state index in [-0.39, 0.29) is 12.0 Å². The number of nitrogens with zero attached hydrogens (tertiary/aromatic N) is 4. The Bertz CT molecular complexity index is 446. The Morgan fingerprint density at radius 1 is 1.32 bits per heavy atom. The summed E-state index contributed by atoms with van der Waals surface area (Å²) in [5.74, 6) is 0.305. The molecule has 1 unspecified atom stereocenters. The lowest BCUT2D eigenvalue weighted by Gasteiger charge is -2.27. The lowest BCUT2D eigenvalue weighted by molar-refractivity contribution is -0.147. The number of carboxylic acids is 1. The Kier molecular flexibility index (Phi) is 4.32. The first-order chi connectivity index (χ1) is 8.54. The fourth-order valence-corrected chi connectivity index (χ4v) is 1.51. The highest BCUT2D eigenvalue weighted by molar-refractivity contribution is 5.73. The van der Waals surface area contributed by atoms with Gasteiger partial charge in [0.25, 0.3) is 0 Å². The minimum atomic E-state index is -0.880. The van der Waals surface area contributed by atoms with Crippen LogP contribution in [0.2, 0.25) is 0 Å². The monoisotopic (exact) mass is 268 g/mol. The Hall–Kier alpha value is -1.46. The quantitative estimate of drug-likeness (QED) is 0.883. The van der Waals surface area contributed by atoms with E-state index in [1.165, 1.54) is 0 Å². The zero-order valence-corrected chi connectivity index (χ0v) is 12.6. The molecule has 1 heterocycles. The van der Waals surface area contributed by atoms with Gasteiger partial charge in [0.1, 0.15) is 0 Å². The van der Waals surface area contributed by atoms with Crippen molar-refractivity contribution in [3.05, 3.63) is 5.82 Å². The summed E-state index contributed by atoms with van der Waals surface area (Å²) >= 11 is 0. The van der Waals surface area contributed by atoms with Gasteiger partial charge in [0.15, 0.2) is 5.82 Å². The molecule has 0 spiro atoms. The molecule has 0 amide bonds. The van der Waals surface area contributed by atoms with Gasteiger partial charge < -0.3 is 5.11 Å². The van der Waals surface area contributed by atoms with Crippen LogP contribution >= 0.6 is 0 Å². The van der Waals surface area contributed by atoms with Crippen molar-refractivity contribution in [2.45, 2.75) is 54.5 Å². The molecule has 0 aliphatic carbocycles. The number of hydrogen-bond acceptors (Lipinski definition) is 4. The van der Waals surface area contributed by atoms with Gasteiger partial charge in [0.05, 0.1) is 12.0 Å². The van der Waals surface area contributed by atoms with E-state index in [9.17, 15) is 4.79 Å². The van der Waals surface area contributed by atoms with Crippen LogP contribution in [0.5, 0.6) is 0 Å². The first kappa shape index (κ1) is 15.6. The van der Waals surface area contributed by atoms with Crippen molar-refractivity contribution in [2.75, 3.05) is 0 Å². The first-order valence-electron chi connectivity index (χ1n) is 6.52. The summed E-state index contributed by atoms with van der Waals surface area (Å²) in [6, 6.07) is 0. The molecule has 0 aromatic carbocycles. The molecule has 1 rings (SSSR count). The number of carboxylic acid groups (broad SMARTS) is 1. The molecular formula is C13H24N4O2. The fraction of sp³-hybridized carbons (Fsp3) is 0.846. The van der Waals surface area contributed by atoms with Crippen LogP contribution in [0.3, 0.4) is 0 Å². The maximum atomic E-state index is 11.2. The van der Waals surface area contributed by atoms with Gasteiger partial charge >= 0.3 is 5.97 Å². The third kappa shape index (κ3) is 4.01. The van der Waals surface area contributed by atoms with E-state index < -0.39 is 11.4 Å². The summed E-state index contributed by atoms with van der Waals surface area (Å²) in [6.07, 6.45) is 0.742. The molecule has 0 fully saturated rings. The number of aromatic nitrogens is 4. The fourth-order valence-electron chi connectivity index (χ4n) is 1.51. The molecular weight excluding hydrogens is 244 g/mol. The smallest absolute Gasteiger partial charge is 0.310 e. The third-order valence-electron chi connectivity index (χ3n) is 3.70. The Morgan fingerprint density at radius 3 is 2.37 bits per heavy atom. The second-order valence-corrected chi connectivity index (χ2v) is 6.91.